The van der Waals surface area contributed by atoms with E-state index in [2.05, 4.69) is 15.0 Å². The summed E-state index contributed by atoms with van der Waals surface area (Å²) in [5.74, 6) is 10.0. The highest BCUT2D eigenvalue weighted by atomic mass is 16.5. The maximum absolute atomic E-state index is 11.5. The van der Waals surface area contributed by atoms with E-state index < -0.39 is 11.8 Å². The van der Waals surface area contributed by atoms with Crippen LogP contribution in [-0.4, -0.2) is 33.9 Å². The molecule has 12 nitrogen and oxygen atoms in total. The van der Waals surface area contributed by atoms with Crippen molar-refractivity contribution >= 4 is 11.8 Å². The van der Waals surface area contributed by atoms with E-state index in [1.165, 1.54) is 31.4 Å². The van der Waals surface area contributed by atoms with Crippen molar-refractivity contribution in [3.63, 3.8) is 0 Å². The normalized spacial score (nSPS) is 10.1. The summed E-state index contributed by atoms with van der Waals surface area (Å²) < 4.78 is 16.2. The van der Waals surface area contributed by atoms with Crippen LogP contribution >= 0.6 is 0 Å². The first-order chi connectivity index (χ1) is 14.5. The number of nitrogen functional groups attached to an aromatic ring is 2. The molecule has 3 aromatic rings. The maximum Gasteiger partial charge on any atom is 0.331 e. The van der Waals surface area contributed by atoms with E-state index in [4.69, 9.17) is 25.9 Å². The smallest absolute Gasteiger partial charge is 0.331 e. The summed E-state index contributed by atoms with van der Waals surface area (Å²) in [7, 11) is 1.38. The van der Waals surface area contributed by atoms with Gasteiger partial charge in [-0.1, -0.05) is 0 Å². The Morgan fingerprint density at radius 2 is 1.07 bits per heavy atom. The second kappa shape index (κ2) is 9.27. The number of nitrogens with zero attached hydrogens (tertiary/aromatic N) is 3. The first kappa shape index (κ1) is 20.4. The summed E-state index contributed by atoms with van der Waals surface area (Å²) in [6.07, 6.45) is 0. The van der Waals surface area contributed by atoms with Crippen LogP contribution < -0.4 is 36.7 Å². The zero-order chi connectivity index (χ0) is 21.5. The van der Waals surface area contributed by atoms with Crippen LogP contribution in [0.3, 0.4) is 0 Å². The minimum absolute atomic E-state index is 0.0340. The maximum atomic E-state index is 11.5. The van der Waals surface area contributed by atoms with Crippen molar-refractivity contribution in [2.45, 2.75) is 0 Å². The van der Waals surface area contributed by atoms with Crippen LogP contribution in [0.4, 0.5) is 0 Å². The summed E-state index contributed by atoms with van der Waals surface area (Å²) in [4.78, 5) is 35.0. The number of hydrogen-bond acceptors (Lipinski definition) is 10. The fourth-order valence-electron chi connectivity index (χ4n) is 2.23. The van der Waals surface area contributed by atoms with E-state index in [9.17, 15) is 9.59 Å². The molecule has 154 valence electrons. The second-order valence-corrected chi connectivity index (χ2v) is 5.59. The summed E-state index contributed by atoms with van der Waals surface area (Å²) in [5.41, 5.74) is 4.78. The predicted molar refractivity (Wildman–Crippen MR) is 103 cm³/mol. The second-order valence-electron chi connectivity index (χ2n) is 5.59. The largest absolute Gasteiger partial charge is 0.467 e. The molecular formula is C18H17N7O5. The lowest BCUT2D eigenvalue weighted by Gasteiger charge is -2.09. The lowest BCUT2D eigenvalue weighted by atomic mass is 10.2. The summed E-state index contributed by atoms with van der Waals surface area (Å²) >= 11 is 0. The first-order valence-corrected chi connectivity index (χ1v) is 8.40. The first-order valence-electron chi connectivity index (χ1n) is 8.40. The van der Waals surface area contributed by atoms with Crippen molar-refractivity contribution in [3.05, 3.63) is 59.7 Å². The third-order valence-corrected chi connectivity index (χ3v) is 3.67. The number of ether oxygens (including phenoxy) is 3. The standard InChI is InChI=1S/C18H17N7O5/c1-28-16-21-17(29-12-6-2-10(3-7-12)14(26)24-19)23-18(22-16)30-13-8-4-11(5-9-13)15(27)25-20/h2-9H,19-20H2,1H3,(H,24,26)(H,25,27). The molecule has 0 atom stereocenters. The molecule has 0 bridgehead atoms. The minimum atomic E-state index is -0.436. The SMILES string of the molecule is COc1nc(Oc2ccc(C(=O)NN)cc2)nc(Oc2ccc(C(=O)NN)cc2)n1. The monoisotopic (exact) mass is 411 g/mol. The van der Waals surface area contributed by atoms with Gasteiger partial charge in [0.05, 0.1) is 7.11 Å². The molecular weight excluding hydrogens is 394 g/mol. The Balaban J connectivity index is 1.78. The van der Waals surface area contributed by atoms with Gasteiger partial charge in [-0.3, -0.25) is 20.4 Å². The number of rotatable bonds is 7. The third-order valence-electron chi connectivity index (χ3n) is 3.67. The molecule has 2 amide bonds. The molecule has 6 N–H and O–H groups in total. The van der Waals surface area contributed by atoms with Gasteiger partial charge in [0.25, 0.3) is 11.8 Å². The van der Waals surface area contributed by atoms with E-state index >= 15 is 0 Å². The fraction of sp³-hybridized carbons (Fsp3) is 0.0556. The predicted octanol–water partition coefficient (Wildman–Crippen LogP) is 0.672. The zero-order valence-corrected chi connectivity index (χ0v) is 15.7. The summed E-state index contributed by atoms with van der Waals surface area (Å²) in [5, 5.41) is 0. The molecule has 0 saturated carbocycles. The van der Waals surface area contributed by atoms with Crippen molar-refractivity contribution < 1.29 is 23.8 Å². The molecule has 0 radical (unpaired) electrons. The molecule has 0 aliphatic carbocycles. The molecule has 2 aromatic carbocycles. The van der Waals surface area contributed by atoms with Gasteiger partial charge in [-0.05, 0) is 48.5 Å². The molecule has 1 heterocycles. The Hall–Kier alpha value is -4.29. The van der Waals surface area contributed by atoms with Crippen LogP contribution in [0.15, 0.2) is 48.5 Å². The van der Waals surface area contributed by atoms with Gasteiger partial charge in [0, 0.05) is 11.1 Å². The molecule has 0 unspecified atom stereocenters. The van der Waals surface area contributed by atoms with E-state index in [-0.39, 0.29) is 18.0 Å². The highest BCUT2D eigenvalue weighted by Gasteiger charge is 2.12. The molecule has 0 spiro atoms. The van der Waals surface area contributed by atoms with E-state index in [0.717, 1.165) is 0 Å². The van der Waals surface area contributed by atoms with E-state index in [1.807, 2.05) is 10.9 Å². The number of nitrogens with one attached hydrogen (secondary N) is 2. The van der Waals surface area contributed by atoms with Crippen molar-refractivity contribution in [1.29, 1.82) is 0 Å². The van der Waals surface area contributed by atoms with Crippen LogP contribution in [0.2, 0.25) is 0 Å². The zero-order valence-electron chi connectivity index (χ0n) is 15.7. The quantitative estimate of drug-likeness (QED) is 0.245. The van der Waals surface area contributed by atoms with Gasteiger partial charge in [0.2, 0.25) is 0 Å². The molecule has 0 saturated heterocycles. The van der Waals surface area contributed by atoms with Crippen molar-refractivity contribution in [1.82, 2.24) is 25.8 Å². The number of nitrogens with two attached hydrogens (primary N) is 2. The van der Waals surface area contributed by atoms with Gasteiger partial charge < -0.3 is 14.2 Å². The highest BCUT2D eigenvalue weighted by Crippen LogP contribution is 2.25. The number of amides is 2. The van der Waals surface area contributed by atoms with E-state index in [1.54, 1.807) is 24.3 Å². The van der Waals surface area contributed by atoms with Crippen molar-refractivity contribution in [2.75, 3.05) is 7.11 Å². The summed E-state index contributed by atoms with van der Waals surface area (Å²) in [6.45, 7) is 0. The van der Waals surface area contributed by atoms with Gasteiger partial charge in [-0.15, -0.1) is 15.0 Å². The topological polar surface area (TPSA) is 177 Å². The molecule has 0 fully saturated rings. The average molecular weight is 411 g/mol. The Kier molecular flexibility index (Phi) is 6.32. The van der Waals surface area contributed by atoms with Crippen molar-refractivity contribution in [3.8, 4) is 29.5 Å². The van der Waals surface area contributed by atoms with Crippen LogP contribution in [0.25, 0.3) is 0 Å². The number of carbonyl (C=O) groups excluding carboxylic acids is 2. The average Bonchev–Trinajstić information content (AvgIpc) is 2.78. The van der Waals surface area contributed by atoms with Crippen LogP contribution in [-0.2, 0) is 0 Å². The molecule has 0 aliphatic heterocycles. The lowest BCUT2D eigenvalue weighted by molar-refractivity contribution is 0.0945. The molecule has 0 aliphatic rings. The van der Waals surface area contributed by atoms with Gasteiger partial charge in [-0.25, -0.2) is 11.7 Å². The third kappa shape index (κ3) is 4.95. The Labute approximate surface area is 170 Å². The highest BCUT2D eigenvalue weighted by molar-refractivity contribution is 5.94. The van der Waals surface area contributed by atoms with Gasteiger partial charge in [0.1, 0.15) is 11.5 Å². The Bertz CT molecular complexity index is 962. The minimum Gasteiger partial charge on any atom is -0.467 e. The molecule has 30 heavy (non-hydrogen) atoms. The van der Waals surface area contributed by atoms with Gasteiger partial charge >= 0.3 is 18.0 Å². The molecule has 3 rings (SSSR count). The van der Waals surface area contributed by atoms with Crippen LogP contribution in [0, 0.1) is 0 Å². The van der Waals surface area contributed by atoms with Crippen molar-refractivity contribution in [2.24, 2.45) is 11.7 Å². The van der Waals surface area contributed by atoms with Gasteiger partial charge in [-0.2, -0.15) is 0 Å². The fourth-order valence-corrected chi connectivity index (χ4v) is 2.23. The number of methoxy groups -OCH3 is 1. The number of hydrazine groups is 2. The number of aromatic nitrogens is 3. The molecule has 1 aromatic heterocycles. The number of hydrogen-bond donors (Lipinski definition) is 4. The van der Waals surface area contributed by atoms with Crippen LogP contribution in [0.1, 0.15) is 20.7 Å². The molecule has 12 heteroatoms. The van der Waals surface area contributed by atoms with E-state index in [0.29, 0.717) is 22.6 Å². The lowest BCUT2D eigenvalue weighted by Crippen LogP contribution is -2.29. The Morgan fingerprint density at radius 1 is 0.700 bits per heavy atom. The Morgan fingerprint density at radius 3 is 1.40 bits per heavy atom. The van der Waals surface area contributed by atoms with Gasteiger partial charge in [0.15, 0.2) is 0 Å². The number of benzene rings is 2. The summed E-state index contributed by atoms with van der Waals surface area (Å²) in [6, 6.07) is 12.0. The number of carbonyl (C=O) groups is 2. The van der Waals surface area contributed by atoms with Crippen LogP contribution in [0.5, 0.6) is 29.5 Å².